The molecule has 1 aromatic carbocycles. The fourth-order valence-electron chi connectivity index (χ4n) is 1.79. The highest BCUT2D eigenvalue weighted by Gasteiger charge is 2.32. The molecule has 0 saturated carbocycles. The van der Waals surface area contributed by atoms with E-state index < -0.39 is 3.23 Å². The smallest absolute Gasteiger partial charge is 0.248 e. The highest BCUT2D eigenvalue weighted by atomic mass is 79.9. The second kappa shape index (κ2) is 5.09. The van der Waals surface area contributed by atoms with Crippen LogP contribution in [0.1, 0.15) is 23.7 Å². The minimum Gasteiger partial charge on any atom is -0.506 e. The van der Waals surface area contributed by atoms with E-state index in [1.165, 1.54) is 18.2 Å². The lowest BCUT2D eigenvalue weighted by Gasteiger charge is -2.18. The number of Topliss-reactive ketones (excluding diaryl/α,β-unsaturated/α-hetero) is 1. The number of phenols is 1. The third-order valence-corrected chi connectivity index (χ3v) is 4.74. The van der Waals surface area contributed by atoms with Crippen molar-refractivity contribution in [2.24, 2.45) is 0 Å². The second-order valence-electron chi connectivity index (χ2n) is 4.13. The molecular weight excluding hydrogens is 378 g/mol. The molecule has 0 saturated heterocycles. The van der Waals surface area contributed by atoms with Crippen LogP contribution in [0.25, 0.3) is 10.9 Å². The fourth-order valence-corrected chi connectivity index (χ4v) is 2.22. The van der Waals surface area contributed by atoms with Gasteiger partial charge in [-0.15, -0.1) is 0 Å². The van der Waals surface area contributed by atoms with Crippen LogP contribution >= 0.6 is 31.9 Å². The average molecular weight is 389 g/mol. The summed E-state index contributed by atoms with van der Waals surface area (Å²) in [6.45, 7) is 1.87. The fraction of sp³-hybridized carbons (Fsp3) is 0.231. The first kappa shape index (κ1) is 14.3. The highest BCUT2D eigenvalue weighted by Crippen LogP contribution is 2.36. The molecule has 0 fully saturated rings. The molecule has 6 heteroatoms. The van der Waals surface area contributed by atoms with Gasteiger partial charge in [-0.05, 0) is 24.6 Å². The highest BCUT2D eigenvalue weighted by molar-refractivity contribution is 9.25. The molecule has 0 atom stereocenters. The molecule has 0 amide bonds. The quantitative estimate of drug-likeness (QED) is 0.625. The Morgan fingerprint density at radius 2 is 2.00 bits per heavy atom. The first-order valence-corrected chi connectivity index (χ1v) is 7.23. The molecular formula is C13H11Br2NO3. The lowest BCUT2D eigenvalue weighted by atomic mass is 10.0. The number of carbonyl (C=O) groups excluding carboxylic acids is 1. The first-order chi connectivity index (χ1) is 8.86. The van der Waals surface area contributed by atoms with Gasteiger partial charge in [0.05, 0.1) is 5.52 Å². The molecule has 2 rings (SSSR count). The minimum absolute atomic E-state index is 0.0597. The predicted molar refractivity (Wildman–Crippen MR) is 81.4 cm³/mol. The van der Waals surface area contributed by atoms with E-state index in [-0.39, 0.29) is 22.6 Å². The topological polar surface area (TPSA) is 70.2 Å². The molecule has 0 spiro atoms. The molecule has 2 aromatic rings. The van der Waals surface area contributed by atoms with Gasteiger partial charge in [0.25, 0.3) is 0 Å². The van der Waals surface area contributed by atoms with E-state index >= 15 is 0 Å². The molecule has 0 aliphatic rings. The molecule has 0 radical (unpaired) electrons. The van der Waals surface area contributed by atoms with Crippen molar-refractivity contribution >= 4 is 48.5 Å². The van der Waals surface area contributed by atoms with Gasteiger partial charge in [-0.1, -0.05) is 38.8 Å². The number of aromatic amines is 1. The second-order valence-corrected chi connectivity index (χ2v) is 7.90. The van der Waals surface area contributed by atoms with Crippen molar-refractivity contribution in [2.45, 2.75) is 16.6 Å². The summed E-state index contributed by atoms with van der Waals surface area (Å²) in [5.41, 5.74) is 0.372. The molecule has 4 nitrogen and oxygen atoms in total. The summed E-state index contributed by atoms with van der Waals surface area (Å²) in [5.74, 6) is -0.220. The van der Waals surface area contributed by atoms with Crippen molar-refractivity contribution in [3.8, 4) is 5.75 Å². The van der Waals surface area contributed by atoms with Crippen molar-refractivity contribution in [3.63, 3.8) is 0 Å². The van der Waals surface area contributed by atoms with Crippen molar-refractivity contribution in [1.29, 1.82) is 0 Å². The van der Waals surface area contributed by atoms with Gasteiger partial charge in [0.2, 0.25) is 5.56 Å². The van der Waals surface area contributed by atoms with E-state index in [1.54, 1.807) is 6.07 Å². The molecule has 100 valence electrons. The van der Waals surface area contributed by atoms with Crippen LogP contribution in [0.5, 0.6) is 5.75 Å². The average Bonchev–Trinajstić information content (AvgIpc) is 2.39. The summed E-state index contributed by atoms with van der Waals surface area (Å²) in [6.07, 6.45) is 0.553. The van der Waals surface area contributed by atoms with Gasteiger partial charge in [-0.2, -0.15) is 0 Å². The maximum atomic E-state index is 12.4. The van der Waals surface area contributed by atoms with Gasteiger partial charge in [-0.3, -0.25) is 9.59 Å². The van der Waals surface area contributed by atoms with Crippen molar-refractivity contribution < 1.29 is 9.90 Å². The minimum atomic E-state index is -0.847. The number of halogens is 2. The number of nitrogens with one attached hydrogen (secondary N) is 1. The third-order valence-electron chi connectivity index (χ3n) is 2.89. The van der Waals surface area contributed by atoms with Gasteiger partial charge in [0.1, 0.15) is 8.98 Å². The first-order valence-electron chi connectivity index (χ1n) is 5.64. The number of aromatic nitrogens is 1. The number of rotatable bonds is 3. The number of hydrogen-bond donors (Lipinski definition) is 2. The zero-order valence-corrected chi connectivity index (χ0v) is 13.2. The van der Waals surface area contributed by atoms with Crippen LogP contribution in [-0.2, 0) is 0 Å². The number of ketones is 1. The van der Waals surface area contributed by atoms with Crippen LogP contribution in [0, 0.1) is 0 Å². The normalized spacial score (nSPS) is 11.7. The maximum Gasteiger partial charge on any atom is 0.248 e. The number of alkyl halides is 2. The number of fused-ring (bicyclic) bond motifs is 1. The van der Waals surface area contributed by atoms with Crippen molar-refractivity contribution in [2.75, 3.05) is 0 Å². The standard InChI is InChI=1S/C13H11Br2NO3/c1-2-13(14,15)12(19)8-3-5-9(17)11-7(8)4-6-10(18)16-11/h3-6,17H,2H2,1H3,(H,16,18). The van der Waals surface area contributed by atoms with Crippen LogP contribution in [0.15, 0.2) is 29.1 Å². The molecule has 1 aromatic heterocycles. The summed E-state index contributed by atoms with van der Waals surface area (Å²) < 4.78 is -0.847. The summed E-state index contributed by atoms with van der Waals surface area (Å²) in [6, 6.07) is 5.81. The van der Waals surface area contributed by atoms with Crippen LogP contribution in [-0.4, -0.2) is 19.1 Å². The lowest BCUT2D eigenvalue weighted by Crippen LogP contribution is -2.24. The Kier molecular flexibility index (Phi) is 3.82. The summed E-state index contributed by atoms with van der Waals surface area (Å²) in [5, 5.41) is 10.3. The Hall–Kier alpha value is -1.14. The van der Waals surface area contributed by atoms with Gasteiger partial charge in [0, 0.05) is 17.0 Å². The van der Waals surface area contributed by atoms with Gasteiger partial charge >= 0.3 is 0 Å². The molecule has 2 N–H and O–H groups in total. The number of carbonyl (C=O) groups is 1. The number of benzene rings is 1. The van der Waals surface area contributed by atoms with E-state index in [1.807, 2.05) is 6.92 Å². The van der Waals surface area contributed by atoms with Crippen molar-refractivity contribution in [1.82, 2.24) is 4.98 Å². The Morgan fingerprint density at radius 3 is 2.63 bits per heavy atom. The van der Waals surface area contributed by atoms with E-state index in [0.29, 0.717) is 17.4 Å². The van der Waals surface area contributed by atoms with E-state index in [4.69, 9.17) is 0 Å². The Bertz CT molecular complexity index is 707. The number of H-pyrrole nitrogens is 1. The Labute approximate surface area is 126 Å². The molecule has 0 aliphatic heterocycles. The van der Waals surface area contributed by atoms with E-state index in [9.17, 15) is 14.7 Å². The molecule has 1 heterocycles. The van der Waals surface area contributed by atoms with Crippen LogP contribution in [0.4, 0.5) is 0 Å². The molecule has 0 aliphatic carbocycles. The number of pyridine rings is 1. The molecule has 0 unspecified atom stereocenters. The maximum absolute atomic E-state index is 12.4. The van der Waals surface area contributed by atoms with Gasteiger partial charge < -0.3 is 10.1 Å². The zero-order chi connectivity index (χ0) is 14.2. The lowest BCUT2D eigenvalue weighted by molar-refractivity contribution is 0.0983. The van der Waals surface area contributed by atoms with Crippen LogP contribution < -0.4 is 5.56 Å². The number of phenolic OH excluding ortho intramolecular Hbond substituents is 1. The predicted octanol–water partition coefficient (Wildman–Crippen LogP) is 3.31. The van der Waals surface area contributed by atoms with E-state index in [0.717, 1.165) is 0 Å². The largest absolute Gasteiger partial charge is 0.506 e. The SMILES string of the molecule is CCC(Br)(Br)C(=O)c1ccc(O)c2[nH]c(=O)ccc12. The van der Waals surface area contributed by atoms with Gasteiger partial charge in [-0.25, -0.2) is 0 Å². The zero-order valence-electron chi connectivity index (χ0n) is 10.0. The van der Waals surface area contributed by atoms with E-state index in [2.05, 4.69) is 36.8 Å². The summed E-state index contributed by atoms with van der Waals surface area (Å²) in [7, 11) is 0. The Balaban J connectivity index is 2.73. The summed E-state index contributed by atoms with van der Waals surface area (Å²) >= 11 is 6.67. The van der Waals surface area contributed by atoms with Crippen LogP contribution in [0.3, 0.4) is 0 Å². The monoisotopic (exact) mass is 387 g/mol. The van der Waals surface area contributed by atoms with Gasteiger partial charge in [0.15, 0.2) is 5.78 Å². The number of aromatic hydroxyl groups is 1. The summed E-state index contributed by atoms with van der Waals surface area (Å²) in [4.78, 5) is 26.3. The molecule has 0 bridgehead atoms. The Morgan fingerprint density at radius 1 is 1.32 bits per heavy atom. The number of hydrogen-bond acceptors (Lipinski definition) is 3. The van der Waals surface area contributed by atoms with Crippen molar-refractivity contribution in [3.05, 3.63) is 40.2 Å². The third kappa shape index (κ3) is 2.60. The molecule has 19 heavy (non-hydrogen) atoms. The van der Waals surface area contributed by atoms with Crippen LogP contribution in [0.2, 0.25) is 0 Å².